The Balaban J connectivity index is 1.93. The summed E-state index contributed by atoms with van der Waals surface area (Å²) >= 11 is 0. The molecule has 0 heterocycles. The minimum Gasteiger partial charge on any atom is -0.481 e. The van der Waals surface area contributed by atoms with Crippen LogP contribution in [0, 0.1) is 12.8 Å². The number of nitrogens with one attached hydrogen (secondary N) is 1. The minimum absolute atomic E-state index is 0.135. The highest BCUT2D eigenvalue weighted by molar-refractivity contribution is 5.89. The Labute approximate surface area is 147 Å². The third-order valence-electron chi connectivity index (χ3n) is 3.65. The van der Waals surface area contributed by atoms with Crippen LogP contribution in [0.25, 0.3) is 0 Å². The summed E-state index contributed by atoms with van der Waals surface area (Å²) in [6.45, 7) is 3.69. The minimum atomic E-state index is -0.933. The lowest BCUT2D eigenvalue weighted by atomic mass is 10.2. The number of carbonyl (C=O) groups excluding carboxylic acids is 1. The summed E-state index contributed by atoms with van der Waals surface area (Å²) in [5, 5.41) is 11.6. The molecule has 25 heavy (non-hydrogen) atoms. The Morgan fingerprint density at radius 1 is 1.16 bits per heavy atom. The van der Waals surface area contributed by atoms with Gasteiger partial charge >= 0.3 is 12.0 Å². The molecular weight excluding hydrogens is 320 g/mol. The highest BCUT2D eigenvalue weighted by Crippen LogP contribution is 2.23. The van der Waals surface area contributed by atoms with Gasteiger partial charge in [0, 0.05) is 19.3 Å². The van der Waals surface area contributed by atoms with Crippen molar-refractivity contribution < 1.29 is 19.4 Å². The highest BCUT2D eigenvalue weighted by Gasteiger charge is 2.17. The predicted molar refractivity (Wildman–Crippen MR) is 96.1 cm³/mol. The number of carbonyl (C=O) groups is 2. The van der Waals surface area contributed by atoms with Crippen molar-refractivity contribution in [3.05, 3.63) is 54.1 Å². The van der Waals surface area contributed by atoms with Crippen LogP contribution < -0.4 is 10.1 Å². The van der Waals surface area contributed by atoms with Crippen molar-refractivity contribution >= 4 is 17.7 Å². The molecule has 0 fully saturated rings. The number of ether oxygens (including phenoxy) is 1. The number of hydrogen-bond acceptors (Lipinski definition) is 3. The Bertz CT molecular complexity index is 743. The summed E-state index contributed by atoms with van der Waals surface area (Å²) in [5.74, 6) is -0.145. The van der Waals surface area contributed by atoms with Crippen LogP contribution >= 0.6 is 0 Å². The van der Waals surface area contributed by atoms with Crippen LogP contribution in [-0.4, -0.2) is 35.6 Å². The van der Waals surface area contributed by atoms with Gasteiger partial charge in [0.25, 0.3) is 0 Å². The van der Waals surface area contributed by atoms with Crippen LogP contribution in [0.15, 0.2) is 48.5 Å². The second-order valence-electron chi connectivity index (χ2n) is 5.99. The fourth-order valence-electron chi connectivity index (χ4n) is 2.21. The lowest BCUT2D eigenvalue weighted by Gasteiger charge is -2.20. The largest absolute Gasteiger partial charge is 0.481 e. The average Bonchev–Trinajstić information content (AvgIpc) is 2.56. The number of aryl methyl sites for hydroxylation is 1. The van der Waals surface area contributed by atoms with E-state index in [9.17, 15) is 9.59 Å². The first-order chi connectivity index (χ1) is 11.8. The number of carboxylic acids is 1. The van der Waals surface area contributed by atoms with Crippen molar-refractivity contribution in [1.29, 1.82) is 0 Å². The summed E-state index contributed by atoms with van der Waals surface area (Å²) in [6, 6.07) is 14.4. The molecule has 0 saturated heterocycles. The van der Waals surface area contributed by atoms with Gasteiger partial charge in [-0.3, -0.25) is 4.79 Å². The van der Waals surface area contributed by atoms with Crippen molar-refractivity contribution in [2.75, 3.05) is 18.9 Å². The third-order valence-corrected chi connectivity index (χ3v) is 3.65. The Kier molecular flexibility index (Phi) is 6.00. The van der Waals surface area contributed by atoms with Gasteiger partial charge in [0.1, 0.15) is 11.5 Å². The number of aliphatic carboxylic acids is 1. The first-order valence-electron chi connectivity index (χ1n) is 7.94. The molecule has 1 atom stereocenters. The van der Waals surface area contributed by atoms with E-state index in [4.69, 9.17) is 9.84 Å². The van der Waals surface area contributed by atoms with Crippen molar-refractivity contribution in [3.63, 3.8) is 0 Å². The number of urea groups is 1. The van der Waals surface area contributed by atoms with Gasteiger partial charge in [0.05, 0.1) is 5.92 Å². The van der Waals surface area contributed by atoms with Gasteiger partial charge in [0.2, 0.25) is 0 Å². The molecule has 6 nitrogen and oxygen atoms in total. The Hall–Kier alpha value is -3.02. The number of amides is 2. The van der Waals surface area contributed by atoms with Crippen LogP contribution in [0.4, 0.5) is 10.5 Å². The van der Waals surface area contributed by atoms with Gasteiger partial charge in [-0.2, -0.15) is 0 Å². The third kappa shape index (κ3) is 5.53. The summed E-state index contributed by atoms with van der Waals surface area (Å²) in [7, 11) is 1.56. The number of hydrogen-bond donors (Lipinski definition) is 2. The molecule has 6 heteroatoms. The molecule has 132 valence electrons. The Morgan fingerprint density at radius 2 is 1.84 bits per heavy atom. The van der Waals surface area contributed by atoms with Gasteiger partial charge in [-0.25, -0.2) is 4.79 Å². The normalized spacial score (nSPS) is 11.5. The van der Waals surface area contributed by atoms with Crippen LogP contribution in [0.5, 0.6) is 11.5 Å². The quantitative estimate of drug-likeness (QED) is 0.832. The first kappa shape index (κ1) is 18.3. The van der Waals surface area contributed by atoms with Crippen LogP contribution in [0.1, 0.15) is 12.5 Å². The molecule has 1 unspecified atom stereocenters. The monoisotopic (exact) mass is 342 g/mol. The van der Waals surface area contributed by atoms with Crippen molar-refractivity contribution in [1.82, 2.24) is 4.90 Å². The zero-order valence-corrected chi connectivity index (χ0v) is 14.5. The zero-order chi connectivity index (χ0) is 18.4. The number of nitrogens with zero attached hydrogens (tertiary/aromatic N) is 1. The van der Waals surface area contributed by atoms with E-state index in [1.165, 1.54) is 4.90 Å². The van der Waals surface area contributed by atoms with Gasteiger partial charge in [-0.1, -0.05) is 19.1 Å². The van der Waals surface area contributed by atoms with E-state index >= 15 is 0 Å². The van der Waals surface area contributed by atoms with E-state index in [1.807, 2.05) is 31.2 Å². The zero-order valence-electron chi connectivity index (χ0n) is 14.5. The summed E-state index contributed by atoms with van der Waals surface area (Å²) in [4.78, 5) is 24.3. The second kappa shape index (κ2) is 8.19. The molecule has 2 rings (SSSR count). The standard InChI is InChI=1S/C19H22N2O4/c1-13-5-4-6-17(11-13)25-16-9-7-15(8-10-16)20-19(24)21(3)12-14(2)18(22)23/h4-11,14H,12H2,1-3H3,(H,20,24)(H,22,23). The maximum atomic E-state index is 12.1. The van der Waals surface area contributed by atoms with Gasteiger partial charge in [-0.15, -0.1) is 0 Å². The molecule has 2 aromatic rings. The van der Waals surface area contributed by atoms with E-state index in [2.05, 4.69) is 5.32 Å². The molecule has 2 N–H and O–H groups in total. The van der Waals surface area contributed by atoms with E-state index in [1.54, 1.807) is 38.2 Å². The van der Waals surface area contributed by atoms with Crippen LogP contribution in [0.2, 0.25) is 0 Å². The molecule has 0 aliphatic heterocycles. The smallest absolute Gasteiger partial charge is 0.321 e. The molecule has 2 aromatic carbocycles. The number of anilines is 1. The molecular formula is C19H22N2O4. The van der Waals surface area contributed by atoms with Crippen molar-refractivity contribution in [2.45, 2.75) is 13.8 Å². The maximum Gasteiger partial charge on any atom is 0.321 e. The lowest BCUT2D eigenvalue weighted by Crippen LogP contribution is -2.36. The van der Waals surface area contributed by atoms with Crippen molar-refractivity contribution in [3.8, 4) is 11.5 Å². The maximum absolute atomic E-state index is 12.1. The predicted octanol–water partition coefficient (Wildman–Crippen LogP) is 3.97. The highest BCUT2D eigenvalue weighted by atomic mass is 16.5. The molecule has 0 aromatic heterocycles. The van der Waals surface area contributed by atoms with Gasteiger partial charge in [0.15, 0.2) is 0 Å². The van der Waals surface area contributed by atoms with E-state index < -0.39 is 11.9 Å². The fraction of sp³-hybridized carbons (Fsp3) is 0.263. The van der Waals surface area contributed by atoms with Crippen molar-refractivity contribution in [2.24, 2.45) is 5.92 Å². The topological polar surface area (TPSA) is 78.9 Å². The average molecular weight is 342 g/mol. The molecule has 0 spiro atoms. The summed E-state index contributed by atoms with van der Waals surface area (Å²) in [5.41, 5.74) is 1.72. The summed E-state index contributed by atoms with van der Waals surface area (Å²) in [6.07, 6.45) is 0. The summed E-state index contributed by atoms with van der Waals surface area (Å²) < 4.78 is 5.76. The first-order valence-corrected chi connectivity index (χ1v) is 7.94. The van der Waals surface area contributed by atoms with E-state index in [0.717, 1.165) is 11.3 Å². The number of benzene rings is 2. The number of carboxylic acid groups (broad SMARTS) is 1. The molecule has 2 amide bonds. The molecule has 0 radical (unpaired) electrons. The second-order valence-corrected chi connectivity index (χ2v) is 5.99. The molecule has 0 aliphatic rings. The molecule has 0 aliphatic carbocycles. The van der Waals surface area contributed by atoms with Gasteiger partial charge < -0.3 is 20.1 Å². The molecule has 0 saturated carbocycles. The van der Waals surface area contributed by atoms with Crippen LogP contribution in [0.3, 0.4) is 0 Å². The number of rotatable bonds is 6. The Morgan fingerprint density at radius 3 is 2.44 bits per heavy atom. The SMILES string of the molecule is Cc1cccc(Oc2ccc(NC(=O)N(C)CC(C)C(=O)O)cc2)c1. The lowest BCUT2D eigenvalue weighted by molar-refractivity contribution is -0.141. The van der Waals surface area contributed by atoms with Crippen LogP contribution in [-0.2, 0) is 4.79 Å². The van der Waals surface area contributed by atoms with E-state index in [-0.39, 0.29) is 12.6 Å². The van der Waals surface area contributed by atoms with Gasteiger partial charge in [-0.05, 0) is 48.9 Å². The van der Waals surface area contributed by atoms with E-state index in [0.29, 0.717) is 11.4 Å². The molecule has 0 bridgehead atoms. The fourth-order valence-corrected chi connectivity index (χ4v) is 2.21.